The monoisotopic (exact) mass is 284 g/mol. The number of rotatable bonds is 8. The molecule has 0 aromatic heterocycles. The molecule has 0 aliphatic rings. The molecule has 0 spiro atoms. The van der Waals surface area contributed by atoms with Gasteiger partial charge in [-0.2, -0.15) is 0 Å². The van der Waals surface area contributed by atoms with E-state index in [1.54, 1.807) is 12.1 Å². The second kappa shape index (κ2) is 7.94. The van der Waals surface area contributed by atoms with E-state index >= 15 is 0 Å². The molecule has 106 valence electrons. The standard InChI is InChI=1S/C14H20O4S/c1-3-11(2)10-19(17)9-8-18-13-6-4-12(5-7-13)14(15)16/h4-7,11H,3,8-10H2,1-2H3,(H,15,16). The van der Waals surface area contributed by atoms with Crippen molar-refractivity contribution in [1.29, 1.82) is 0 Å². The van der Waals surface area contributed by atoms with Crippen LogP contribution in [0.15, 0.2) is 24.3 Å². The fourth-order valence-electron chi connectivity index (χ4n) is 1.46. The Balaban J connectivity index is 2.33. The SMILES string of the molecule is CCC(C)CS(=O)CCOc1ccc(C(=O)O)cc1. The molecule has 4 nitrogen and oxygen atoms in total. The Morgan fingerprint density at radius 3 is 2.53 bits per heavy atom. The maximum Gasteiger partial charge on any atom is 0.335 e. The average Bonchev–Trinajstić information content (AvgIpc) is 2.39. The zero-order chi connectivity index (χ0) is 14.3. The first kappa shape index (κ1) is 15.7. The van der Waals surface area contributed by atoms with Crippen molar-refractivity contribution in [3.63, 3.8) is 0 Å². The van der Waals surface area contributed by atoms with E-state index < -0.39 is 16.8 Å². The molecule has 2 unspecified atom stereocenters. The van der Waals surface area contributed by atoms with Crippen LogP contribution < -0.4 is 4.74 Å². The quantitative estimate of drug-likeness (QED) is 0.797. The summed E-state index contributed by atoms with van der Waals surface area (Å²) in [5.74, 6) is 1.32. The predicted molar refractivity (Wildman–Crippen MR) is 76.2 cm³/mol. The lowest BCUT2D eigenvalue weighted by Crippen LogP contribution is -2.15. The maximum atomic E-state index is 11.7. The van der Waals surface area contributed by atoms with Crippen LogP contribution in [0.25, 0.3) is 0 Å². The number of ether oxygens (including phenoxy) is 1. The molecule has 1 N–H and O–H groups in total. The van der Waals surface area contributed by atoms with Crippen molar-refractivity contribution in [2.45, 2.75) is 20.3 Å². The predicted octanol–water partition coefficient (Wildman–Crippen LogP) is 2.56. The molecular formula is C14H20O4S. The molecule has 1 aromatic rings. The molecule has 0 fully saturated rings. The van der Waals surface area contributed by atoms with Crippen molar-refractivity contribution in [2.75, 3.05) is 18.1 Å². The van der Waals surface area contributed by atoms with Crippen LogP contribution in [-0.4, -0.2) is 33.4 Å². The summed E-state index contributed by atoms with van der Waals surface area (Å²) >= 11 is 0. The van der Waals surface area contributed by atoms with E-state index in [2.05, 4.69) is 13.8 Å². The summed E-state index contributed by atoms with van der Waals surface area (Å²) in [7, 11) is -0.854. The molecule has 0 aliphatic heterocycles. The van der Waals surface area contributed by atoms with Gasteiger partial charge in [0, 0.05) is 16.6 Å². The molecule has 0 aliphatic carbocycles. The van der Waals surface area contributed by atoms with Crippen molar-refractivity contribution < 1.29 is 18.8 Å². The van der Waals surface area contributed by atoms with Crippen molar-refractivity contribution in [3.8, 4) is 5.75 Å². The van der Waals surface area contributed by atoms with Crippen LogP contribution in [0.3, 0.4) is 0 Å². The highest BCUT2D eigenvalue weighted by Gasteiger charge is 2.06. The van der Waals surface area contributed by atoms with Crippen LogP contribution in [0, 0.1) is 5.92 Å². The van der Waals surface area contributed by atoms with E-state index in [9.17, 15) is 9.00 Å². The van der Waals surface area contributed by atoms with E-state index in [-0.39, 0.29) is 5.56 Å². The lowest BCUT2D eigenvalue weighted by molar-refractivity contribution is 0.0697. The number of benzene rings is 1. The summed E-state index contributed by atoms with van der Waals surface area (Å²) in [6.07, 6.45) is 1.03. The molecule has 0 saturated heterocycles. The van der Waals surface area contributed by atoms with Crippen LogP contribution in [0.2, 0.25) is 0 Å². The van der Waals surface area contributed by atoms with Gasteiger partial charge in [-0.1, -0.05) is 20.3 Å². The first-order valence-electron chi connectivity index (χ1n) is 6.34. The zero-order valence-electron chi connectivity index (χ0n) is 11.3. The summed E-state index contributed by atoms with van der Waals surface area (Å²) in [5, 5.41) is 8.75. The minimum atomic E-state index is -0.957. The average molecular weight is 284 g/mol. The summed E-state index contributed by atoms with van der Waals surface area (Å²) < 4.78 is 17.1. The summed E-state index contributed by atoms with van der Waals surface area (Å²) in [6.45, 7) is 4.56. The molecular weight excluding hydrogens is 264 g/mol. The number of hydrogen-bond donors (Lipinski definition) is 1. The highest BCUT2D eigenvalue weighted by atomic mass is 32.2. The van der Waals surface area contributed by atoms with Gasteiger partial charge in [0.25, 0.3) is 0 Å². The Kier molecular flexibility index (Phi) is 6.56. The highest BCUT2D eigenvalue weighted by molar-refractivity contribution is 7.85. The minimum Gasteiger partial charge on any atom is -0.493 e. The number of carbonyl (C=O) groups is 1. The van der Waals surface area contributed by atoms with Crippen LogP contribution in [0.5, 0.6) is 5.75 Å². The maximum absolute atomic E-state index is 11.7. The summed E-state index contributed by atoms with van der Waals surface area (Å²) in [6, 6.07) is 6.21. The second-order valence-corrected chi connectivity index (χ2v) is 6.12. The lowest BCUT2D eigenvalue weighted by Gasteiger charge is -2.09. The van der Waals surface area contributed by atoms with Crippen molar-refractivity contribution in [2.24, 2.45) is 5.92 Å². The van der Waals surface area contributed by atoms with Crippen LogP contribution in [-0.2, 0) is 10.8 Å². The Morgan fingerprint density at radius 2 is 2.00 bits per heavy atom. The molecule has 0 heterocycles. The summed E-state index contributed by atoms with van der Waals surface area (Å²) in [4.78, 5) is 10.7. The molecule has 19 heavy (non-hydrogen) atoms. The Bertz CT molecular complexity index is 428. The molecule has 0 saturated carbocycles. The Hall–Kier alpha value is -1.36. The van der Waals surface area contributed by atoms with Gasteiger partial charge in [-0.05, 0) is 30.2 Å². The topological polar surface area (TPSA) is 63.6 Å². The third-order valence-electron chi connectivity index (χ3n) is 2.85. The third-order valence-corrected chi connectivity index (χ3v) is 4.41. The van der Waals surface area contributed by atoms with E-state index in [0.717, 1.165) is 6.42 Å². The van der Waals surface area contributed by atoms with E-state index in [1.807, 2.05) is 0 Å². The normalized spacial score (nSPS) is 13.8. The molecule has 1 rings (SSSR count). The van der Waals surface area contributed by atoms with E-state index in [0.29, 0.717) is 29.8 Å². The first-order valence-corrected chi connectivity index (χ1v) is 7.82. The van der Waals surface area contributed by atoms with Crippen molar-refractivity contribution in [3.05, 3.63) is 29.8 Å². The molecule has 1 aromatic carbocycles. The third kappa shape index (κ3) is 5.87. The molecule has 0 bridgehead atoms. The van der Waals surface area contributed by atoms with Crippen LogP contribution >= 0.6 is 0 Å². The Morgan fingerprint density at radius 1 is 1.37 bits per heavy atom. The fourth-order valence-corrected chi connectivity index (χ4v) is 2.77. The van der Waals surface area contributed by atoms with Gasteiger partial charge >= 0.3 is 5.97 Å². The number of carboxylic acids is 1. The molecule has 5 heteroatoms. The van der Waals surface area contributed by atoms with Gasteiger partial charge in [-0.3, -0.25) is 4.21 Å². The van der Waals surface area contributed by atoms with Gasteiger partial charge in [0.1, 0.15) is 5.75 Å². The molecule has 0 amide bonds. The summed E-state index contributed by atoms with van der Waals surface area (Å²) in [5.41, 5.74) is 0.229. The van der Waals surface area contributed by atoms with Crippen LogP contribution in [0.1, 0.15) is 30.6 Å². The van der Waals surface area contributed by atoms with Crippen molar-refractivity contribution in [1.82, 2.24) is 0 Å². The van der Waals surface area contributed by atoms with Crippen LogP contribution in [0.4, 0.5) is 0 Å². The van der Waals surface area contributed by atoms with Crippen molar-refractivity contribution >= 4 is 16.8 Å². The van der Waals surface area contributed by atoms with Gasteiger partial charge in [-0.25, -0.2) is 4.79 Å². The van der Waals surface area contributed by atoms with Gasteiger partial charge in [0.15, 0.2) is 0 Å². The first-order chi connectivity index (χ1) is 9.02. The largest absolute Gasteiger partial charge is 0.493 e. The van der Waals surface area contributed by atoms with E-state index in [1.165, 1.54) is 12.1 Å². The zero-order valence-corrected chi connectivity index (χ0v) is 12.1. The Labute approximate surface area is 116 Å². The molecule has 0 radical (unpaired) electrons. The van der Waals surface area contributed by atoms with Gasteiger partial charge in [-0.15, -0.1) is 0 Å². The second-order valence-electron chi connectivity index (χ2n) is 4.50. The number of hydrogen-bond acceptors (Lipinski definition) is 3. The van der Waals surface area contributed by atoms with E-state index in [4.69, 9.17) is 9.84 Å². The highest BCUT2D eigenvalue weighted by Crippen LogP contribution is 2.12. The fraction of sp³-hybridized carbons (Fsp3) is 0.500. The van der Waals surface area contributed by atoms with Gasteiger partial charge < -0.3 is 9.84 Å². The lowest BCUT2D eigenvalue weighted by atomic mass is 10.2. The minimum absolute atomic E-state index is 0.229. The van der Waals surface area contributed by atoms with Gasteiger partial charge in [0.2, 0.25) is 0 Å². The van der Waals surface area contributed by atoms with Gasteiger partial charge in [0.05, 0.1) is 17.9 Å². The molecule has 2 atom stereocenters. The number of aromatic carboxylic acids is 1. The number of carboxylic acid groups (broad SMARTS) is 1. The smallest absolute Gasteiger partial charge is 0.335 e.